The van der Waals surface area contributed by atoms with Gasteiger partial charge in [-0.25, -0.2) is 0 Å². The zero-order valence-electron chi connectivity index (χ0n) is 9.14. The van der Waals surface area contributed by atoms with Crippen molar-refractivity contribution in [2.45, 2.75) is 12.8 Å². The molecule has 3 nitrogen and oxygen atoms in total. The molecule has 0 unspecified atom stereocenters. The number of carbonyl (C=O) groups is 1. The van der Waals surface area contributed by atoms with Crippen molar-refractivity contribution in [1.29, 1.82) is 0 Å². The molecule has 86 valence electrons. The van der Waals surface area contributed by atoms with Crippen LogP contribution in [-0.4, -0.2) is 15.8 Å². The Morgan fingerprint density at radius 2 is 1.88 bits per heavy atom. The second kappa shape index (κ2) is 5.68. The number of nitrogens with zero attached hydrogens (tertiary/aromatic N) is 2. The van der Waals surface area contributed by atoms with E-state index in [4.69, 9.17) is 0 Å². The summed E-state index contributed by atoms with van der Waals surface area (Å²) in [6, 6.07) is 5.65. The molecule has 0 spiro atoms. The molecule has 0 saturated heterocycles. The highest BCUT2D eigenvalue weighted by molar-refractivity contribution is 9.10. The van der Waals surface area contributed by atoms with Crippen molar-refractivity contribution in [3.63, 3.8) is 0 Å². The molecule has 0 aromatic carbocycles. The van der Waals surface area contributed by atoms with Gasteiger partial charge in [0.25, 0.3) is 0 Å². The summed E-state index contributed by atoms with van der Waals surface area (Å²) in [5, 5.41) is 0. The Morgan fingerprint density at radius 1 is 1.12 bits per heavy atom. The molecule has 4 heteroatoms. The predicted octanol–water partition coefficient (Wildman–Crippen LogP) is 2.59. The standard InChI is InChI=1S/C13H11BrN2O/c14-12-4-11(8-16-9-12)6-13(17)5-10-2-1-3-15-7-10/h1-4,7-9H,5-6H2. The Kier molecular flexibility index (Phi) is 3.98. The average molecular weight is 291 g/mol. The van der Waals surface area contributed by atoms with Gasteiger partial charge in [-0.1, -0.05) is 6.07 Å². The van der Waals surface area contributed by atoms with Crippen LogP contribution in [-0.2, 0) is 17.6 Å². The number of ketones is 1. The van der Waals surface area contributed by atoms with Crippen molar-refractivity contribution in [1.82, 2.24) is 9.97 Å². The summed E-state index contributed by atoms with van der Waals surface area (Å²) in [6.07, 6.45) is 7.66. The lowest BCUT2D eigenvalue weighted by molar-refractivity contribution is -0.117. The Labute approximate surface area is 108 Å². The second-order valence-corrected chi connectivity index (χ2v) is 4.68. The van der Waals surface area contributed by atoms with E-state index in [2.05, 4.69) is 25.9 Å². The van der Waals surface area contributed by atoms with Crippen LogP contribution in [0.25, 0.3) is 0 Å². The van der Waals surface area contributed by atoms with Gasteiger partial charge in [-0.2, -0.15) is 0 Å². The number of hydrogen-bond acceptors (Lipinski definition) is 3. The molecule has 2 aromatic rings. The first-order chi connectivity index (χ1) is 8.24. The van der Waals surface area contributed by atoms with Crippen molar-refractivity contribution in [2.24, 2.45) is 0 Å². The van der Waals surface area contributed by atoms with Crippen molar-refractivity contribution in [3.8, 4) is 0 Å². The van der Waals surface area contributed by atoms with E-state index in [1.165, 1.54) is 0 Å². The van der Waals surface area contributed by atoms with Crippen LogP contribution in [0.5, 0.6) is 0 Å². The fourth-order valence-corrected chi connectivity index (χ4v) is 1.99. The molecule has 0 aliphatic heterocycles. The fourth-order valence-electron chi connectivity index (χ4n) is 1.57. The topological polar surface area (TPSA) is 42.9 Å². The van der Waals surface area contributed by atoms with Gasteiger partial charge in [0.05, 0.1) is 0 Å². The highest BCUT2D eigenvalue weighted by atomic mass is 79.9. The highest BCUT2D eigenvalue weighted by Gasteiger charge is 2.06. The molecule has 17 heavy (non-hydrogen) atoms. The number of pyridine rings is 2. The summed E-state index contributed by atoms with van der Waals surface area (Å²) in [5.74, 6) is 0.165. The zero-order valence-corrected chi connectivity index (χ0v) is 10.7. The Balaban J connectivity index is 1.98. The van der Waals surface area contributed by atoms with E-state index in [-0.39, 0.29) is 5.78 Å². The molecule has 0 aliphatic carbocycles. The van der Waals surface area contributed by atoms with E-state index >= 15 is 0 Å². The Morgan fingerprint density at radius 3 is 2.59 bits per heavy atom. The molecule has 2 aromatic heterocycles. The number of hydrogen-bond donors (Lipinski definition) is 0. The largest absolute Gasteiger partial charge is 0.299 e. The van der Waals surface area contributed by atoms with Crippen LogP contribution in [0.3, 0.4) is 0 Å². The van der Waals surface area contributed by atoms with Gasteiger partial charge in [0.1, 0.15) is 5.78 Å². The average Bonchev–Trinajstić information content (AvgIpc) is 2.30. The van der Waals surface area contributed by atoms with Crippen LogP contribution in [0.2, 0.25) is 0 Å². The molecule has 0 radical (unpaired) electrons. The molecule has 0 saturated carbocycles. The van der Waals surface area contributed by atoms with Gasteiger partial charge in [-0.15, -0.1) is 0 Å². The summed E-state index contributed by atoms with van der Waals surface area (Å²) < 4.78 is 0.893. The molecule has 2 rings (SSSR count). The van der Waals surface area contributed by atoms with E-state index in [0.717, 1.165) is 15.6 Å². The molecule has 0 aliphatic rings. The van der Waals surface area contributed by atoms with E-state index in [9.17, 15) is 4.79 Å². The number of Topliss-reactive ketones (excluding diaryl/α,β-unsaturated/α-hetero) is 1. The SMILES string of the molecule is O=C(Cc1cccnc1)Cc1cncc(Br)c1. The minimum atomic E-state index is 0.165. The number of carbonyl (C=O) groups excluding carboxylic acids is 1. The minimum Gasteiger partial charge on any atom is -0.299 e. The van der Waals surface area contributed by atoms with Crippen molar-refractivity contribution in [2.75, 3.05) is 0 Å². The summed E-state index contributed by atoms with van der Waals surface area (Å²) >= 11 is 3.34. The number of aromatic nitrogens is 2. The smallest absolute Gasteiger partial charge is 0.141 e. The Bertz CT molecular complexity index is 514. The third kappa shape index (κ3) is 3.75. The van der Waals surface area contributed by atoms with Crippen LogP contribution in [0.4, 0.5) is 0 Å². The van der Waals surface area contributed by atoms with Crippen LogP contribution in [0, 0.1) is 0 Å². The van der Waals surface area contributed by atoms with Gasteiger partial charge in [0, 0.05) is 42.1 Å². The molecular weight excluding hydrogens is 280 g/mol. The summed E-state index contributed by atoms with van der Waals surface area (Å²) in [5.41, 5.74) is 1.87. The van der Waals surface area contributed by atoms with E-state index in [1.54, 1.807) is 24.8 Å². The summed E-state index contributed by atoms with van der Waals surface area (Å²) in [7, 11) is 0. The van der Waals surface area contributed by atoms with Crippen LogP contribution in [0.15, 0.2) is 47.5 Å². The maximum absolute atomic E-state index is 11.8. The molecule has 0 fully saturated rings. The monoisotopic (exact) mass is 290 g/mol. The van der Waals surface area contributed by atoms with E-state index in [1.807, 2.05) is 18.2 Å². The number of halogens is 1. The first-order valence-corrected chi connectivity index (χ1v) is 6.03. The molecule has 2 heterocycles. The molecule has 0 bridgehead atoms. The highest BCUT2D eigenvalue weighted by Crippen LogP contribution is 2.11. The van der Waals surface area contributed by atoms with Crippen molar-refractivity contribution in [3.05, 3.63) is 58.6 Å². The maximum Gasteiger partial charge on any atom is 0.141 e. The molecular formula is C13H11BrN2O. The third-order valence-corrected chi connectivity index (χ3v) is 2.72. The molecule has 0 amide bonds. The lowest BCUT2D eigenvalue weighted by Gasteiger charge is -2.01. The number of rotatable bonds is 4. The van der Waals surface area contributed by atoms with Crippen LogP contribution < -0.4 is 0 Å². The van der Waals surface area contributed by atoms with Gasteiger partial charge in [0.15, 0.2) is 0 Å². The summed E-state index contributed by atoms with van der Waals surface area (Å²) in [6.45, 7) is 0. The van der Waals surface area contributed by atoms with E-state index < -0.39 is 0 Å². The summed E-state index contributed by atoms with van der Waals surface area (Å²) in [4.78, 5) is 19.8. The van der Waals surface area contributed by atoms with Gasteiger partial charge in [-0.3, -0.25) is 14.8 Å². The van der Waals surface area contributed by atoms with Crippen LogP contribution >= 0.6 is 15.9 Å². The Hall–Kier alpha value is -1.55. The normalized spacial score (nSPS) is 10.2. The lowest BCUT2D eigenvalue weighted by Crippen LogP contribution is -2.06. The maximum atomic E-state index is 11.8. The zero-order chi connectivity index (χ0) is 12.1. The quantitative estimate of drug-likeness (QED) is 0.869. The first kappa shape index (κ1) is 11.9. The van der Waals surface area contributed by atoms with E-state index in [0.29, 0.717) is 12.8 Å². The van der Waals surface area contributed by atoms with Gasteiger partial charge in [-0.05, 0) is 39.2 Å². The molecule has 0 N–H and O–H groups in total. The first-order valence-electron chi connectivity index (χ1n) is 5.24. The predicted molar refractivity (Wildman–Crippen MR) is 68.6 cm³/mol. The van der Waals surface area contributed by atoms with Gasteiger partial charge < -0.3 is 0 Å². The third-order valence-electron chi connectivity index (χ3n) is 2.29. The van der Waals surface area contributed by atoms with Crippen molar-refractivity contribution >= 4 is 21.7 Å². The fraction of sp³-hybridized carbons (Fsp3) is 0.154. The van der Waals surface area contributed by atoms with Crippen LogP contribution in [0.1, 0.15) is 11.1 Å². The second-order valence-electron chi connectivity index (χ2n) is 3.76. The van der Waals surface area contributed by atoms with Gasteiger partial charge in [0.2, 0.25) is 0 Å². The molecule has 0 atom stereocenters. The van der Waals surface area contributed by atoms with Gasteiger partial charge >= 0.3 is 0 Å². The minimum absolute atomic E-state index is 0.165. The van der Waals surface area contributed by atoms with Crippen molar-refractivity contribution < 1.29 is 4.79 Å². The lowest BCUT2D eigenvalue weighted by atomic mass is 10.1.